The van der Waals surface area contributed by atoms with Crippen molar-refractivity contribution in [3.8, 4) is 5.75 Å². The highest BCUT2D eigenvalue weighted by atomic mass is 16.5. The summed E-state index contributed by atoms with van der Waals surface area (Å²) in [6.07, 6.45) is 5.01. The van der Waals surface area contributed by atoms with Gasteiger partial charge in [-0.3, -0.25) is 19.3 Å². The Kier molecular flexibility index (Phi) is 6.46. The Bertz CT molecular complexity index is 1030. The predicted octanol–water partition coefficient (Wildman–Crippen LogP) is 3.07. The van der Waals surface area contributed by atoms with Crippen LogP contribution in [0.15, 0.2) is 55.0 Å². The number of methoxy groups -OCH3 is 1. The monoisotopic (exact) mass is 407 g/mol. The fraction of sp³-hybridized carbons (Fsp3) is 0.273. The normalized spacial score (nSPS) is 11.6. The Morgan fingerprint density at radius 3 is 2.73 bits per heavy atom. The molecule has 30 heavy (non-hydrogen) atoms. The van der Waals surface area contributed by atoms with Crippen LogP contribution in [0.1, 0.15) is 34.6 Å². The van der Waals surface area contributed by atoms with E-state index >= 15 is 0 Å². The average molecular weight is 407 g/mol. The number of aryl methyl sites for hydroxylation is 1. The van der Waals surface area contributed by atoms with Gasteiger partial charge in [0.15, 0.2) is 0 Å². The lowest BCUT2D eigenvalue weighted by molar-refractivity contribution is -0.119. The molecule has 0 bridgehead atoms. The fourth-order valence-electron chi connectivity index (χ4n) is 2.96. The van der Waals surface area contributed by atoms with E-state index in [4.69, 9.17) is 4.74 Å². The smallest absolute Gasteiger partial charge is 0.254 e. The standard InChI is InChI=1S/C22H25N5O3/c1-15-6-7-17(12-20(15)25-21(28)16(2)27-11-5-9-24-27)22(29)26(3)14-18-13-19(30-4)8-10-23-18/h5-13,16H,14H2,1-4H3,(H,25,28). The van der Waals surface area contributed by atoms with Crippen LogP contribution in [0.4, 0.5) is 5.69 Å². The fourth-order valence-corrected chi connectivity index (χ4v) is 2.96. The topological polar surface area (TPSA) is 89.4 Å². The minimum Gasteiger partial charge on any atom is -0.497 e. The molecular weight excluding hydrogens is 382 g/mol. The van der Waals surface area contributed by atoms with E-state index in [2.05, 4.69) is 15.4 Å². The molecule has 0 spiro atoms. The van der Waals surface area contributed by atoms with E-state index in [1.165, 1.54) is 0 Å². The number of nitrogens with one attached hydrogen (secondary N) is 1. The van der Waals surface area contributed by atoms with Gasteiger partial charge in [0.2, 0.25) is 5.91 Å². The molecule has 2 heterocycles. The predicted molar refractivity (Wildman–Crippen MR) is 113 cm³/mol. The summed E-state index contributed by atoms with van der Waals surface area (Å²) < 4.78 is 6.78. The Morgan fingerprint density at radius 1 is 1.23 bits per heavy atom. The van der Waals surface area contributed by atoms with Crippen LogP contribution in [-0.4, -0.2) is 45.6 Å². The van der Waals surface area contributed by atoms with E-state index in [0.29, 0.717) is 23.5 Å². The van der Waals surface area contributed by atoms with Crippen molar-refractivity contribution in [3.63, 3.8) is 0 Å². The molecule has 0 aliphatic carbocycles. The highest BCUT2D eigenvalue weighted by Gasteiger charge is 2.18. The van der Waals surface area contributed by atoms with Gasteiger partial charge in [-0.2, -0.15) is 5.10 Å². The van der Waals surface area contributed by atoms with Crippen LogP contribution < -0.4 is 10.1 Å². The lowest BCUT2D eigenvalue weighted by Gasteiger charge is -2.19. The second-order valence-corrected chi connectivity index (χ2v) is 7.03. The third kappa shape index (κ3) is 4.83. The number of carbonyl (C=O) groups is 2. The molecule has 0 saturated heterocycles. The van der Waals surface area contributed by atoms with Gasteiger partial charge >= 0.3 is 0 Å². The number of hydrogen-bond donors (Lipinski definition) is 1. The first-order valence-electron chi connectivity index (χ1n) is 9.54. The van der Waals surface area contributed by atoms with Gasteiger partial charge in [0, 0.05) is 43.0 Å². The van der Waals surface area contributed by atoms with E-state index in [0.717, 1.165) is 11.3 Å². The Labute approximate surface area is 175 Å². The number of anilines is 1. The maximum Gasteiger partial charge on any atom is 0.254 e. The lowest BCUT2D eigenvalue weighted by atomic mass is 10.1. The second kappa shape index (κ2) is 9.21. The summed E-state index contributed by atoms with van der Waals surface area (Å²) >= 11 is 0. The van der Waals surface area contributed by atoms with Gasteiger partial charge in [-0.15, -0.1) is 0 Å². The van der Waals surface area contributed by atoms with Crippen LogP contribution in [-0.2, 0) is 11.3 Å². The number of nitrogens with zero attached hydrogens (tertiary/aromatic N) is 4. The van der Waals surface area contributed by atoms with Crippen LogP contribution in [0, 0.1) is 6.92 Å². The molecule has 3 aromatic rings. The number of ether oxygens (including phenoxy) is 1. The maximum atomic E-state index is 12.9. The van der Waals surface area contributed by atoms with Crippen molar-refractivity contribution in [1.82, 2.24) is 19.7 Å². The number of hydrogen-bond acceptors (Lipinski definition) is 5. The van der Waals surface area contributed by atoms with Crippen LogP contribution in [0.2, 0.25) is 0 Å². The van der Waals surface area contributed by atoms with Gasteiger partial charge in [-0.1, -0.05) is 6.07 Å². The second-order valence-electron chi connectivity index (χ2n) is 7.03. The van der Waals surface area contributed by atoms with Gasteiger partial charge in [-0.05, 0) is 43.7 Å². The van der Waals surface area contributed by atoms with Gasteiger partial charge in [0.1, 0.15) is 11.8 Å². The van der Waals surface area contributed by atoms with Crippen molar-refractivity contribution in [2.24, 2.45) is 0 Å². The highest BCUT2D eigenvalue weighted by Crippen LogP contribution is 2.20. The highest BCUT2D eigenvalue weighted by molar-refractivity contribution is 5.98. The SMILES string of the molecule is COc1ccnc(CN(C)C(=O)c2ccc(C)c(NC(=O)C(C)n3cccn3)c2)c1. The molecule has 1 unspecified atom stereocenters. The Hall–Kier alpha value is -3.68. The summed E-state index contributed by atoms with van der Waals surface area (Å²) in [4.78, 5) is 31.4. The number of aromatic nitrogens is 3. The summed E-state index contributed by atoms with van der Waals surface area (Å²) in [6, 6.07) is 10.1. The molecule has 0 fully saturated rings. The van der Waals surface area contributed by atoms with Crippen molar-refractivity contribution in [2.75, 3.05) is 19.5 Å². The quantitative estimate of drug-likeness (QED) is 0.650. The molecule has 8 nitrogen and oxygen atoms in total. The molecule has 1 aromatic carbocycles. The molecule has 1 N–H and O–H groups in total. The first-order valence-corrected chi connectivity index (χ1v) is 9.54. The van der Waals surface area contributed by atoms with Crippen molar-refractivity contribution in [1.29, 1.82) is 0 Å². The molecule has 2 amide bonds. The number of benzene rings is 1. The summed E-state index contributed by atoms with van der Waals surface area (Å²) in [5.41, 5.74) is 2.66. The molecule has 8 heteroatoms. The molecule has 2 aromatic heterocycles. The van der Waals surface area contributed by atoms with Crippen LogP contribution in [0.5, 0.6) is 5.75 Å². The van der Waals surface area contributed by atoms with E-state index in [1.807, 2.05) is 13.0 Å². The summed E-state index contributed by atoms with van der Waals surface area (Å²) in [7, 11) is 3.30. The van der Waals surface area contributed by atoms with Crippen molar-refractivity contribution in [3.05, 3.63) is 71.8 Å². The number of amides is 2. The summed E-state index contributed by atoms with van der Waals surface area (Å²) in [6.45, 7) is 3.98. The molecule has 0 radical (unpaired) electrons. The van der Waals surface area contributed by atoms with Crippen LogP contribution in [0.3, 0.4) is 0 Å². The van der Waals surface area contributed by atoms with Gasteiger partial charge < -0.3 is 15.0 Å². The number of carbonyl (C=O) groups excluding carboxylic acids is 2. The van der Waals surface area contributed by atoms with E-state index in [1.54, 1.807) is 79.6 Å². The lowest BCUT2D eigenvalue weighted by Crippen LogP contribution is -2.27. The zero-order chi connectivity index (χ0) is 21.7. The minimum atomic E-state index is -0.472. The molecule has 0 aliphatic heterocycles. The van der Waals surface area contributed by atoms with Crippen LogP contribution in [0.25, 0.3) is 0 Å². The first kappa shape index (κ1) is 21.0. The number of rotatable bonds is 7. The minimum absolute atomic E-state index is 0.171. The zero-order valence-corrected chi connectivity index (χ0v) is 17.5. The molecule has 1 atom stereocenters. The Balaban J connectivity index is 1.73. The van der Waals surface area contributed by atoms with E-state index in [9.17, 15) is 9.59 Å². The Morgan fingerprint density at radius 2 is 2.03 bits per heavy atom. The van der Waals surface area contributed by atoms with E-state index < -0.39 is 6.04 Å². The van der Waals surface area contributed by atoms with Crippen molar-refractivity contribution < 1.29 is 14.3 Å². The van der Waals surface area contributed by atoms with Gasteiger partial charge in [0.05, 0.1) is 19.3 Å². The van der Waals surface area contributed by atoms with Crippen LogP contribution >= 0.6 is 0 Å². The molecule has 0 aliphatic rings. The van der Waals surface area contributed by atoms with Gasteiger partial charge in [0.25, 0.3) is 5.91 Å². The third-order valence-corrected chi connectivity index (χ3v) is 4.81. The summed E-state index contributed by atoms with van der Waals surface area (Å²) in [5.74, 6) is 0.308. The third-order valence-electron chi connectivity index (χ3n) is 4.81. The molecular formula is C22H25N5O3. The van der Waals surface area contributed by atoms with Gasteiger partial charge in [-0.25, -0.2) is 0 Å². The zero-order valence-electron chi connectivity index (χ0n) is 17.5. The average Bonchev–Trinajstić information content (AvgIpc) is 3.29. The van der Waals surface area contributed by atoms with E-state index in [-0.39, 0.29) is 11.8 Å². The number of pyridine rings is 1. The molecule has 156 valence electrons. The van der Waals surface area contributed by atoms with Crippen molar-refractivity contribution in [2.45, 2.75) is 26.4 Å². The molecule has 3 rings (SSSR count). The first-order chi connectivity index (χ1) is 14.4. The van der Waals surface area contributed by atoms with Crippen molar-refractivity contribution >= 4 is 17.5 Å². The summed E-state index contributed by atoms with van der Waals surface area (Å²) in [5, 5.41) is 7.00. The maximum absolute atomic E-state index is 12.9. The molecule has 0 saturated carbocycles. The largest absolute Gasteiger partial charge is 0.497 e.